The van der Waals surface area contributed by atoms with Gasteiger partial charge in [-0.15, -0.1) is 0 Å². The van der Waals surface area contributed by atoms with Gasteiger partial charge in [0, 0.05) is 12.1 Å². The summed E-state index contributed by atoms with van der Waals surface area (Å²) in [7, 11) is 4.23. The lowest BCUT2D eigenvalue weighted by molar-refractivity contribution is 0.208. The zero-order valence-electron chi connectivity index (χ0n) is 19.3. The van der Waals surface area contributed by atoms with Crippen LogP contribution in [0.3, 0.4) is 0 Å². The lowest BCUT2D eigenvalue weighted by atomic mass is 9.65. The van der Waals surface area contributed by atoms with E-state index in [-0.39, 0.29) is 10.8 Å². The van der Waals surface area contributed by atoms with Crippen LogP contribution >= 0.6 is 0 Å². The van der Waals surface area contributed by atoms with Crippen molar-refractivity contribution in [3.8, 4) is 0 Å². The van der Waals surface area contributed by atoms with Gasteiger partial charge in [-0.2, -0.15) is 0 Å². The number of benzene rings is 1. The smallest absolute Gasteiger partial charge is 0.00642 e. The third-order valence-corrected chi connectivity index (χ3v) is 8.69. The SMILES string of the molecule is CNC1CCC(C(C)(C)c2ccc(C(C)(C)C3CCC(NC)CC3)cc2)CC1. The first-order valence-corrected chi connectivity index (χ1v) is 11.7. The fourth-order valence-corrected chi connectivity index (χ4v) is 6.01. The summed E-state index contributed by atoms with van der Waals surface area (Å²) in [6, 6.07) is 11.2. The molecular formula is C26H44N2. The van der Waals surface area contributed by atoms with Crippen molar-refractivity contribution >= 4 is 0 Å². The Balaban J connectivity index is 1.68. The summed E-state index contributed by atoms with van der Waals surface area (Å²) in [5, 5.41) is 6.95. The number of rotatable bonds is 6. The van der Waals surface area contributed by atoms with Gasteiger partial charge in [-0.25, -0.2) is 0 Å². The molecular weight excluding hydrogens is 340 g/mol. The molecule has 0 aromatic heterocycles. The Morgan fingerprint density at radius 3 is 1.11 bits per heavy atom. The molecule has 158 valence electrons. The summed E-state index contributed by atoms with van der Waals surface area (Å²) >= 11 is 0. The second-order valence-electron chi connectivity index (χ2n) is 10.7. The van der Waals surface area contributed by atoms with Crippen molar-refractivity contribution in [2.24, 2.45) is 11.8 Å². The Morgan fingerprint density at radius 1 is 0.571 bits per heavy atom. The van der Waals surface area contributed by atoms with E-state index in [1.807, 2.05) is 0 Å². The molecule has 2 N–H and O–H groups in total. The Hall–Kier alpha value is -0.860. The molecule has 0 unspecified atom stereocenters. The second-order valence-corrected chi connectivity index (χ2v) is 10.7. The van der Waals surface area contributed by atoms with Crippen molar-refractivity contribution in [3.05, 3.63) is 35.4 Å². The van der Waals surface area contributed by atoms with Crippen LogP contribution in [0.1, 0.15) is 90.2 Å². The first kappa shape index (κ1) is 21.8. The van der Waals surface area contributed by atoms with Gasteiger partial charge in [-0.05, 0) is 99.3 Å². The average molecular weight is 385 g/mol. The lowest BCUT2D eigenvalue weighted by Crippen LogP contribution is -2.38. The first-order chi connectivity index (χ1) is 13.3. The Bertz CT molecular complexity index is 545. The predicted octanol–water partition coefficient (Wildman–Crippen LogP) is 5.80. The second kappa shape index (κ2) is 8.88. The van der Waals surface area contributed by atoms with Crippen molar-refractivity contribution in [1.29, 1.82) is 0 Å². The minimum atomic E-state index is 0.270. The highest BCUT2D eigenvalue weighted by Crippen LogP contribution is 2.43. The highest BCUT2D eigenvalue weighted by Gasteiger charge is 2.36. The summed E-state index contributed by atoms with van der Waals surface area (Å²) in [5.41, 5.74) is 3.59. The fraction of sp³-hybridized carbons (Fsp3) is 0.769. The highest BCUT2D eigenvalue weighted by atomic mass is 14.9. The summed E-state index contributed by atoms with van der Waals surface area (Å²) in [4.78, 5) is 0. The monoisotopic (exact) mass is 384 g/mol. The third-order valence-electron chi connectivity index (χ3n) is 8.69. The molecule has 0 amide bonds. The van der Waals surface area contributed by atoms with E-state index in [1.165, 1.54) is 62.5 Å². The van der Waals surface area contributed by atoms with E-state index < -0.39 is 0 Å². The van der Waals surface area contributed by atoms with Crippen LogP contribution in [-0.2, 0) is 10.8 Å². The van der Waals surface area contributed by atoms with Crippen LogP contribution in [0.25, 0.3) is 0 Å². The van der Waals surface area contributed by atoms with Crippen LogP contribution < -0.4 is 10.6 Å². The maximum atomic E-state index is 3.47. The molecule has 2 aliphatic rings. The number of hydrogen-bond acceptors (Lipinski definition) is 2. The van der Waals surface area contributed by atoms with Crippen LogP contribution in [0.5, 0.6) is 0 Å². The fourth-order valence-electron chi connectivity index (χ4n) is 6.01. The average Bonchev–Trinajstić information content (AvgIpc) is 2.74. The standard InChI is InChI=1S/C26H44N2/c1-25(2,21-11-15-23(27-5)16-12-21)19-7-9-20(10-8-19)26(3,4)22-13-17-24(28-6)18-14-22/h7-10,21-24,27-28H,11-18H2,1-6H3. The minimum Gasteiger partial charge on any atom is -0.317 e. The maximum Gasteiger partial charge on any atom is 0.00642 e. The van der Waals surface area contributed by atoms with Crippen LogP contribution in [-0.4, -0.2) is 26.2 Å². The molecule has 2 heteroatoms. The van der Waals surface area contributed by atoms with Gasteiger partial charge in [0.15, 0.2) is 0 Å². The van der Waals surface area contributed by atoms with Crippen molar-refractivity contribution in [3.63, 3.8) is 0 Å². The van der Waals surface area contributed by atoms with E-state index >= 15 is 0 Å². The molecule has 2 fully saturated rings. The van der Waals surface area contributed by atoms with E-state index in [9.17, 15) is 0 Å². The molecule has 1 aromatic carbocycles. The molecule has 0 spiro atoms. The van der Waals surface area contributed by atoms with Gasteiger partial charge in [-0.1, -0.05) is 52.0 Å². The molecule has 0 atom stereocenters. The number of nitrogens with one attached hydrogen (secondary N) is 2. The van der Waals surface area contributed by atoms with Crippen LogP contribution in [0, 0.1) is 11.8 Å². The van der Waals surface area contributed by atoms with Crippen LogP contribution in [0.2, 0.25) is 0 Å². The number of hydrogen-bond donors (Lipinski definition) is 2. The topological polar surface area (TPSA) is 24.1 Å². The minimum absolute atomic E-state index is 0.270. The first-order valence-electron chi connectivity index (χ1n) is 11.7. The Labute approximate surface area is 174 Å². The molecule has 0 aliphatic heterocycles. The molecule has 2 nitrogen and oxygen atoms in total. The van der Waals surface area contributed by atoms with Gasteiger partial charge in [0.25, 0.3) is 0 Å². The summed E-state index contributed by atoms with van der Waals surface area (Å²) in [6.45, 7) is 9.88. The summed E-state index contributed by atoms with van der Waals surface area (Å²) in [6.07, 6.45) is 10.7. The van der Waals surface area contributed by atoms with E-state index in [1.54, 1.807) is 0 Å². The van der Waals surface area contributed by atoms with Crippen molar-refractivity contribution in [2.45, 2.75) is 102 Å². The summed E-state index contributed by atoms with van der Waals surface area (Å²) < 4.78 is 0. The van der Waals surface area contributed by atoms with Crippen LogP contribution in [0.15, 0.2) is 24.3 Å². The van der Waals surface area contributed by atoms with E-state index in [4.69, 9.17) is 0 Å². The largest absolute Gasteiger partial charge is 0.317 e. The molecule has 0 saturated heterocycles. The molecule has 1 aromatic rings. The molecule has 0 bridgehead atoms. The molecule has 2 aliphatic carbocycles. The van der Waals surface area contributed by atoms with Gasteiger partial charge >= 0.3 is 0 Å². The van der Waals surface area contributed by atoms with Gasteiger partial charge in [0.2, 0.25) is 0 Å². The predicted molar refractivity (Wildman–Crippen MR) is 122 cm³/mol. The van der Waals surface area contributed by atoms with Gasteiger partial charge < -0.3 is 10.6 Å². The quantitative estimate of drug-likeness (QED) is 0.648. The van der Waals surface area contributed by atoms with Gasteiger partial charge in [0.1, 0.15) is 0 Å². The van der Waals surface area contributed by atoms with Gasteiger partial charge in [-0.3, -0.25) is 0 Å². The van der Waals surface area contributed by atoms with Crippen molar-refractivity contribution in [2.75, 3.05) is 14.1 Å². The Morgan fingerprint density at radius 2 is 0.857 bits per heavy atom. The molecule has 2 saturated carbocycles. The van der Waals surface area contributed by atoms with Crippen LogP contribution in [0.4, 0.5) is 0 Å². The highest BCUT2D eigenvalue weighted by molar-refractivity contribution is 5.33. The van der Waals surface area contributed by atoms with Gasteiger partial charge in [0.05, 0.1) is 0 Å². The third kappa shape index (κ3) is 4.49. The molecule has 3 rings (SSSR count). The zero-order chi connectivity index (χ0) is 20.4. The van der Waals surface area contributed by atoms with E-state index in [0.29, 0.717) is 0 Å². The molecule has 0 radical (unpaired) electrons. The normalized spacial score (nSPS) is 29.6. The Kier molecular flexibility index (Phi) is 6.92. The summed E-state index contributed by atoms with van der Waals surface area (Å²) in [5.74, 6) is 1.60. The van der Waals surface area contributed by atoms with E-state index in [0.717, 1.165) is 23.9 Å². The maximum absolute atomic E-state index is 3.47. The molecule has 0 heterocycles. The zero-order valence-corrected chi connectivity index (χ0v) is 19.3. The van der Waals surface area contributed by atoms with Crippen molar-refractivity contribution < 1.29 is 0 Å². The molecule has 28 heavy (non-hydrogen) atoms. The lowest BCUT2D eigenvalue weighted by Gasteiger charge is -2.41. The van der Waals surface area contributed by atoms with E-state index in [2.05, 4.69) is 76.7 Å². The van der Waals surface area contributed by atoms with Crippen molar-refractivity contribution in [1.82, 2.24) is 10.6 Å².